The Balaban J connectivity index is 1.21. The van der Waals surface area contributed by atoms with Gasteiger partial charge in [-0.3, -0.25) is 0 Å². The minimum absolute atomic E-state index is 1.25. The number of benzene rings is 14. The summed E-state index contributed by atoms with van der Waals surface area (Å²) in [4.78, 5) is 0. The monoisotopic (exact) mass is 834 g/mol. The van der Waals surface area contributed by atoms with Crippen molar-refractivity contribution in [2.75, 3.05) is 0 Å². The van der Waals surface area contributed by atoms with Crippen LogP contribution in [0.2, 0.25) is 0 Å². The normalized spacial score (nSPS) is 12.1. The molecule has 0 N–H and O–H groups in total. The third-order valence-electron chi connectivity index (χ3n) is 14.6. The van der Waals surface area contributed by atoms with Crippen LogP contribution in [0, 0.1) is 13.8 Å². The topological polar surface area (TPSA) is 0 Å². The molecule has 0 saturated carbocycles. The molecule has 0 aliphatic rings. The first-order chi connectivity index (χ1) is 32.6. The van der Waals surface area contributed by atoms with Gasteiger partial charge in [0.05, 0.1) is 0 Å². The van der Waals surface area contributed by atoms with Crippen molar-refractivity contribution in [3.63, 3.8) is 0 Å². The van der Waals surface area contributed by atoms with Crippen molar-refractivity contribution in [2.45, 2.75) is 13.8 Å². The van der Waals surface area contributed by atoms with Crippen LogP contribution in [0.15, 0.2) is 218 Å². The van der Waals surface area contributed by atoms with Gasteiger partial charge in [0.25, 0.3) is 0 Å². The second-order valence-corrected chi connectivity index (χ2v) is 18.5. The zero-order valence-electron chi connectivity index (χ0n) is 36.8. The van der Waals surface area contributed by atoms with Crippen molar-refractivity contribution >= 4 is 97.0 Å². The van der Waals surface area contributed by atoms with Crippen molar-refractivity contribution in [3.8, 4) is 44.5 Å². The minimum Gasteiger partial charge on any atom is -0.0616 e. The molecule has 0 fully saturated rings. The fraction of sp³-hybridized carbons (Fsp3) is 0.0303. The summed E-state index contributed by atoms with van der Waals surface area (Å²) in [5.74, 6) is 0. The van der Waals surface area contributed by atoms with Gasteiger partial charge in [0.15, 0.2) is 0 Å². The summed E-state index contributed by atoms with van der Waals surface area (Å²) < 4.78 is 0. The van der Waals surface area contributed by atoms with Crippen LogP contribution in [-0.4, -0.2) is 0 Å². The number of rotatable bonds is 4. The van der Waals surface area contributed by atoms with Gasteiger partial charge in [0, 0.05) is 0 Å². The highest BCUT2D eigenvalue weighted by atomic mass is 14.3. The molecule has 0 saturated heterocycles. The van der Waals surface area contributed by atoms with Crippen LogP contribution < -0.4 is 0 Å². The van der Waals surface area contributed by atoms with E-state index in [9.17, 15) is 0 Å². The Labute approximate surface area is 383 Å². The van der Waals surface area contributed by atoms with Crippen LogP contribution in [0.1, 0.15) is 11.1 Å². The minimum atomic E-state index is 1.25. The molecule has 0 amide bonds. The first-order valence-electron chi connectivity index (χ1n) is 23.2. The Morgan fingerprint density at radius 1 is 0.197 bits per heavy atom. The molecule has 0 atom stereocenters. The van der Waals surface area contributed by atoms with Gasteiger partial charge in [-0.1, -0.05) is 199 Å². The van der Waals surface area contributed by atoms with Crippen molar-refractivity contribution in [1.29, 1.82) is 0 Å². The molecule has 0 aliphatic carbocycles. The van der Waals surface area contributed by atoms with E-state index >= 15 is 0 Å². The lowest BCUT2D eigenvalue weighted by molar-refractivity contribution is 1.39. The predicted molar refractivity (Wildman–Crippen MR) is 286 cm³/mol. The molecule has 0 aliphatic heterocycles. The Morgan fingerprint density at radius 2 is 0.470 bits per heavy atom. The quantitative estimate of drug-likeness (QED) is 0.155. The van der Waals surface area contributed by atoms with Gasteiger partial charge < -0.3 is 0 Å². The van der Waals surface area contributed by atoms with Crippen molar-refractivity contribution in [1.82, 2.24) is 0 Å². The Bertz CT molecular complexity index is 4200. The van der Waals surface area contributed by atoms with E-state index in [2.05, 4.69) is 232 Å². The van der Waals surface area contributed by atoms with Crippen molar-refractivity contribution < 1.29 is 0 Å². The Hall–Kier alpha value is -8.32. The van der Waals surface area contributed by atoms with Crippen LogP contribution >= 0.6 is 0 Å². The molecule has 0 bridgehead atoms. The lowest BCUT2D eigenvalue weighted by Gasteiger charge is -2.23. The van der Waals surface area contributed by atoms with E-state index in [1.165, 1.54) is 153 Å². The van der Waals surface area contributed by atoms with Gasteiger partial charge >= 0.3 is 0 Å². The molecule has 0 nitrogen and oxygen atoms in total. The van der Waals surface area contributed by atoms with Gasteiger partial charge in [-0.15, -0.1) is 0 Å². The molecule has 0 heteroatoms. The second-order valence-electron chi connectivity index (χ2n) is 18.5. The number of aryl methyl sites for hydroxylation is 2. The first-order valence-corrected chi connectivity index (χ1v) is 23.2. The maximum atomic E-state index is 2.53. The Morgan fingerprint density at radius 3 is 0.833 bits per heavy atom. The SMILES string of the molecule is Cc1cc(C)cc(-c2cc(-c3cc4ccccc4c4ccccc34)c3ccc4c(-c5cc6ccccc6c6ccccc56)cc(-c5cc6ccccc6c6ccccc56)c5ccc2c3c54)c1. The fourth-order valence-corrected chi connectivity index (χ4v) is 11.9. The van der Waals surface area contributed by atoms with E-state index in [1.54, 1.807) is 0 Å². The lowest BCUT2D eigenvalue weighted by atomic mass is 9.80. The van der Waals surface area contributed by atoms with Crippen LogP contribution in [0.5, 0.6) is 0 Å². The van der Waals surface area contributed by atoms with Crippen LogP contribution in [0.4, 0.5) is 0 Å². The van der Waals surface area contributed by atoms with Crippen molar-refractivity contribution in [3.05, 3.63) is 230 Å². The van der Waals surface area contributed by atoms with Crippen molar-refractivity contribution in [2.24, 2.45) is 0 Å². The highest BCUT2D eigenvalue weighted by molar-refractivity contribution is 6.34. The van der Waals surface area contributed by atoms with Gasteiger partial charge in [-0.25, -0.2) is 0 Å². The summed E-state index contributed by atoms with van der Waals surface area (Å²) in [6, 6.07) is 82.7. The molecule has 0 spiro atoms. The molecule has 0 radical (unpaired) electrons. The average Bonchev–Trinajstić information content (AvgIpc) is 3.36. The third-order valence-corrected chi connectivity index (χ3v) is 14.6. The van der Waals surface area contributed by atoms with Crippen LogP contribution in [0.25, 0.3) is 141 Å². The summed E-state index contributed by atoms with van der Waals surface area (Å²) in [6.45, 7) is 4.45. The molecule has 14 rings (SSSR count). The molecular formula is C66H42. The number of hydrogen-bond acceptors (Lipinski definition) is 0. The smallest absolute Gasteiger partial charge is 0.00139 e. The largest absolute Gasteiger partial charge is 0.0616 e. The van der Waals surface area contributed by atoms with E-state index in [1.807, 2.05) is 0 Å². The highest BCUT2D eigenvalue weighted by Gasteiger charge is 2.24. The summed E-state index contributed by atoms with van der Waals surface area (Å²) in [5, 5.41) is 22.9. The molecule has 66 heavy (non-hydrogen) atoms. The molecule has 14 aromatic rings. The standard InChI is InChI=1S/C66H42/c1-39-31-40(2)33-44(32-39)58-37-62(59-34-41-15-3-6-18-45(41)48-21-9-12-24-51(48)59)55-29-30-57-64(61-36-43-17-5-8-20-47(43)50-23-11-14-26-53(50)61)38-63(56-28-27-54(58)65(55)66(56)57)60-35-42-16-4-7-19-46(42)49-22-10-13-25-52(49)60/h3-38H,1-2H3. The van der Waals surface area contributed by atoms with Gasteiger partial charge in [-0.2, -0.15) is 0 Å². The summed E-state index contributed by atoms with van der Waals surface area (Å²) in [5.41, 5.74) is 12.6. The maximum absolute atomic E-state index is 2.53. The zero-order valence-corrected chi connectivity index (χ0v) is 36.8. The number of fused-ring (bicyclic) bond motifs is 9. The van der Waals surface area contributed by atoms with E-state index in [-0.39, 0.29) is 0 Å². The van der Waals surface area contributed by atoms with E-state index in [0.717, 1.165) is 0 Å². The van der Waals surface area contributed by atoms with Crippen LogP contribution in [-0.2, 0) is 0 Å². The van der Waals surface area contributed by atoms with E-state index < -0.39 is 0 Å². The fourth-order valence-electron chi connectivity index (χ4n) is 11.9. The summed E-state index contributed by atoms with van der Waals surface area (Å²) in [6.07, 6.45) is 0. The summed E-state index contributed by atoms with van der Waals surface area (Å²) >= 11 is 0. The molecule has 0 heterocycles. The number of hydrogen-bond donors (Lipinski definition) is 0. The predicted octanol–water partition coefficient (Wildman–Crippen LogP) is 18.8. The van der Waals surface area contributed by atoms with Gasteiger partial charge in [0.1, 0.15) is 0 Å². The van der Waals surface area contributed by atoms with Gasteiger partial charge in [-0.05, 0) is 186 Å². The molecule has 0 aromatic heterocycles. The molecular weight excluding hydrogens is 793 g/mol. The van der Waals surface area contributed by atoms with Gasteiger partial charge in [0.2, 0.25) is 0 Å². The average molecular weight is 835 g/mol. The third kappa shape index (κ3) is 5.39. The Kier molecular flexibility index (Phi) is 7.92. The highest BCUT2D eigenvalue weighted by Crippen LogP contribution is 2.52. The van der Waals surface area contributed by atoms with E-state index in [4.69, 9.17) is 0 Å². The zero-order chi connectivity index (χ0) is 43.6. The molecule has 14 aromatic carbocycles. The molecule has 306 valence electrons. The second kappa shape index (κ2) is 14.1. The van der Waals surface area contributed by atoms with Crippen LogP contribution in [0.3, 0.4) is 0 Å². The lowest BCUT2D eigenvalue weighted by Crippen LogP contribution is -1.96. The van der Waals surface area contributed by atoms with E-state index in [0.29, 0.717) is 0 Å². The molecule has 0 unspecified atom stereocenters. The first kappa shape index (κ1) is 37.1. The maximum Gasteiger partial charge on any atom is -0.00139 e. The summed E-state index contributed by atoms with van der Waals surface area (Å²) in [7, 11) is 0.